The zero-order valence-corrected chi connectivity index (χ0v) is 19.3. The number of primary amides is 1. The van der Waals surface area contributed by atoms with Crippen molar-refractivity contribution in [3.05, 3.63) is 54.1 Å². The summed E-state index contributed by atoms with van der Waals surface area (Å²) in [5.41, 5.74) is 6.63. The summed E-state index contributed by atoms with van der Waals surface area (Å²) in [4.78, 5) is 22.8. The van der Waals surface area contributed by atoms with Gasteiger partial charge in [-0.2, -0.15) is 0 Å². The molecule has 1 aromatic carbocycles. The van der Waals surface area contributed by atoms with Crippen LogP contribution >= 0.6 is 24.0 Å². The number of nitrogens with zero attached hydrogens (tertiary/aromatic N) is 4. The second-order valence-electron chi connectivity index (χ2n) is 7.25. The summed E-state index contributed by atoms with van der Waals surface area (Å²) in [6, 6.07) is 10.3. The van der Waals surface area contributed by atoms with Crippen LogP contribution in [0.15, 0.2) is 47.7 Å². The molecule has 8 heteroatoms. The number of guanidine groups is 1. The first-order valence-electron chi connectivity index (χ1n) is 10.0. The molecule has 1 unspecified atom stereocenters. The third kappa shape index (κ3) is 7.02. The number of benzene rings is 1. The zero-order chi connectivity index (χ0) is 19.8. The predicted molar refractivity (Wildman–Crippen MR) is 126 cm³/mol. The lowest BCUT2D eigenvalue weighted by Gasteiger charge is -2.34. The van der Waals surface area contributed by atoms with Gasteiger partial charge in [-0.05, 0) is 31.2 Å². The van der Waals surface area contributed by atoms with Crippen LogP contribution in [0.1, 0.15) is 37.6 Å². The average molecular weight is 510 g/mol. The number of carbonyl (C=O) groups excluding carboxylic acids is 1. The molecule has 158 valence electrons. The van der Waals surface area contributed by atoms with E-state index in [1.165, 1.54) is 5.56 Å². The van der Waals surface area contributed by atoms with Crippen LogP contribution in [-0.4, -0.2) is 46.0 Å². The summed E-state index contributed by atoms with van der Waals surface area (Å²) in [6.07, 6.45) is 6.35. The number of aliphatic imine (C=N–C) groups is 1. The summed E-state index contributed by atoms with van der Waals surface area (Å²) in [6.45, 7) is 5.92. The lowest BCUT2D eigenvalue weighted by Crippen LogP contribution is -2.47. The van der Waals surface area contributed by atoms with E-state index in [2.05, 4.69) is 38.8 Å². The molecule has 1 aliphatic rings. The van der Waals surface area contributed by atoms with Crippen LogP contribution in [-0.2, 0) is 17.9 Å². The van der Waals surface area contributed by atoms with E-state index < -0.39 is 0 Å². The minimum Gasteiger partial charge on any atom is -0.370 e. The summed E-state index contributed by atoms with van der Waals surface area (Å²) < 4.78 is 2.13. The van der Waals surface area contributed by atoms with Crippen molar-refractivity contribution in [2.24, 2.45) is 16.6 Å². The highest BCUT2D eigenvalue weighted by molar-refractivity contribution is 14.0. The molecular formula is C21H31IN6O. The van der Waals surface area contributed by atoms with Crippen LogP contribution in [0.25, 0.3) is 0 Å². The molecule has 0 saturated carbocycles. The molecule has 1 fully saturated rings. The first kappa shape index (κ1) is 23.2. The highest BCUT2D eigenvalue weighted by Gasteiger charge is 2.23. The largest absolute Gasteiger partial charge is 0.370 e. The molecule has 3 rings (SSSR count). The van der Waals surface area contributed by atoms with Crippen LogP contribution in [0.3, 0.4) is 0 Å². The van der Waals surface area contributed by atoms with Gasteiger partial charge in [0.1, 0.15) is 12.4 Å². The highest BCUT2D eigenvalue weighted by Crippen LogP contribution is 2.19. The van der Waals surface area contributed by atoms with E-state index in [0.29, 0.717) is 18.9 Å². The predicted octanol–water partition coefficient (Wildman–Crippen LogP) is 2.60. The molecule has 1 aliphatic heterocycles. The monoisotopic (exact) mass is 510 g/mol. The molecule has 1 aromatic heterocycles. The Labute approximate surface area is 189 Å². The average Bonchev–Trinajstić information content (AvgIpc) is 3.12. The molecule has 1 saturated heterocycles. The first-order chi connectivity index (χ1) is 13.7. The van der Waals surface area contributed by atoms with Gasteiger partial charge < -0.3 is 20.5 Å². The maximum atomic E-state index is 11.3. The van der Waals surface area contributed by atoms with Gasteiger partial charge in [-0.15, -0.1) is 24.0 Å². The third-order valence-electron chi connectivity index (χ3n) is 5.01. The number of hydrogen-bond donors (Lipinski definition) is 2. The van der Waals surface area contributed by atoms with Gasteiger partial charge in [0.05, 0.1) is 0 Å². The summed E-state index contributed by atoms with van der Waals surface area (Å²) in [5.74, 6) is 1.89. The van der Waals surface area contributed by atoms with Gasteiger partial charge in [0, 0.05) is 45.0 Å². The zero-order valence-electron chi connectivity index (χ0n) is 17.0. The van der Waals surface area contributed by atoms with Gasteiger partial charge in [0.25, 0.3) is 0 Å². The lowest BCUT2D eigenvalue weighted by molar-refractivity contribution is -0.119. The first-order valence-corrected chi connectivity index (χ1v) is 10.0. The van der Waals surface area contributed by atoms with E-state index in [9.17, 15) is 4.79 Å². The van der Waals surface area contributed by atoms with Crippen LogP contribution in [0.2, 0.25) is 0 Å². The third-order valence-corrected chi connectivity index (χ3v) is 5.01. The minimum absolute atomic E-state index is 0. The Kier molecular flexibility index (Phi) is 9.43. The Balaban J connectivity index is 0.00000300. The Hall–Kier alpha value is -2.10. The Morgan fingerprint density at radius 2 is 2.14 bits per heavy atom. The molecule has 0 aliphatic carbocycles. The number of nitrogens with one attached hydrogen (secondary N) is 1. The number of piperidine rings is 1. The van der Waals surface area contributed by atoms with E-state index in [1.54, 1.807) is 0 Å². The fourth-order valence-electron chi connectivity index (χ4n) is 3.70. The van der Waals surface area contributed by atoms with Gasteiger partial charge in [0.15, 0.2) is 5.96 Å². The van der Waals surface area contributed by atoms with Gasteiger partial charge in [-0.25, -0.2) is 9.98 Å². The maximum absolute atomic E-state index is 11.3. The number of nitrogens with two attached hydrogens (primary N) is 1. The van der Waals surface area contributed by atoms with Crippen molar-refractivity contribution in [2.45, 2.75) is 39.3 Å². The van der Waals surface area contributed by atoms with Gasteiger partial charge >= 0.3 is 0 Å². The number of likely N-dealkylation sites (tertiary alicyclic amines) is 1. The molecule has 7 nitrogen and oxygen atoms in total. The molecule has 2 aromatic rings. The van der Waals surface area contributed by atoms with Crippen LogP contribution < -0.4 is 11.1 Å². The molecule has 0 bridgehead atoms. The fraction of sp³-hybridized carbons (Fsp3) is 0.476. The van der Waals surface area contributed by atoms with E-state index in [0.717, 1.165) is 50.8 Å². The number of aromatic nitrogens is 2. The van der Waals surface area contributed by atoms with Crippen molar-refractivity contribution in [1.82, 2.24) is 19.8 Å². The molecule has 1 amide bonds. The standard InChI is InChI=1S/C21H30N6O.HI/c1-2-23-21(27-11-6-9-18(16-27)13-19(22)28)25-14-20-24-10-12-26(20)15-17-7-4-3-5-8-17;/h3-5,7-8,10,12,18H,2,6,9,11,13-16H2,1H3,(H2,22,28)(H,23,25);1H. The van der Waals surface area contributed by atoms with Crippen LogP contribution in [0.4, 0.5) is 0 Å². The van der Waals surface area contributed by atoms with Gasteiger partial charge in [-0.1, -0.05) is 30.3 Å². The number of rotatable bonds is 7. The molecular weight excluding hydrogens is 479 g/mol. The number of carbonyl (C=O) groups is 1. The second kappa shape index (κ2) is 11.8. The Morgan fingerprint density at radius 3 is 2.86 bits per heavy atom. The van der Waals surface area contributed by atoms with E-state index in [4.69, 9.17) is 10.7 Å². The number of amides is 1. The van der Waals surface area contributed by atoms with Crippen molar-refractivity contribution in [2.75, 3.05) is 19.6 Å². The molecule has 0 radical (unpaired) electrons. The van der Waals surface area contributed by atoms with Crippen molar-refractivity contribution in [1.29, 1.82) is 0 Å². The number of hydrogen-bond acceptors (Lipinski definition) is 3. The quantitative estimate of drug-likeness (QED) is 0.341. The molecule has 0 spiro atoms. The second-order valence-corrected chi connectivity index (χ2v) is 7.25. The summed E-state index contributed by atoms with van der Waals surface area (Å²) >= 11 is 0. The van der Waals surface area contributed by atoms with Crippen molar-refractivity contribution >= 4 is 35.8 Å². The van der Waals surface area contributed by atoms with Crippen molar-refractivity contribution in [3.8, 4) is 0 Å². The Morgan fingerprint density at radius 1 is 1.34 bits per heavy atom. The summed E-state index contributed by atoms with van der Waals surface area (Å²) in [7, 11) is 0. The van der Waals surface area contributed by atoms with Crippen LogP contribution in [0, 0.1) is 5.92 Å². The molecule has 3 N–H and O–H groups in total. The maximum Gasteiger partial charge on any atom is 0.217 e. The normalized spacial score (nSPS) is 16.9. The van der Waals surface area contributed by atoms with Gasteiger partial charge in [-0.3, -0.25) is 4.79 Å². The van der Waals surface area contributed by atoms with Crippen molar-refractivity contribution in [3.63, 3.8) is 0 Å². The van der Waals surface area contributed by atoms with E-state index in [1.807, 2.05) is 30.6 Å². The van der Waals surface area contributed by atoms with E-state index >= 15 is 0 Å². The van der Waals surface area contributed by atoms with Gasteiger partial charge in [0.2, 0.25) is 5.91 Å². The fourth-order valence-corrected chi connectivity index (χ4v) is 3.70. The number of halogens is 1. The summed E-state index contributed by atoms with van der Waals surface area (Å²) in [5, 5.41) is 3.38. The topological polar surface area (TPSA) is 88.5 Å². The minimum atomic E-state index is -0.225. The highest BCUT2D eigenvalue weighted by atomic mass is 127. The molecule has 29 heavy (non-hydrogen) atoms. The SMILES string of the molecule is CCNC(=NCc1nccn1Cc1ccccc1)N1CCCC(CC(N)=O)C1.I. The Bertz CT molecular complexity index is 791. The van der Waals surface area contributed by atoms with Crippen molar-refractivity contribution < 1.29 is 4.79 Å². The molecule has 1 atom stereocenters. The number of imidazole rings is 1. The van der Waals surface area contributed by atoms with Crippen LogP contribution in [0.5, 0.6) is 0 Å². The lowest BCUT2D eigenvalue weighted by atomic mass is 9.95. The van der Waals surface area contributed by atoms with E-state index in [-0.39, 0.29) is 29.9 Å². The smallest absolute Gasteiger partial charge is 0.217 e. The molecule has 2 heterocycles.